The van der Waals surface area contributed by atoms with E-state index in [1.54, 1.807) is 21.0 Å². The van der Waals surface area contributed by atoms with Crippen LogP contribution >= 0.6 is 0 Å². The van der Waals surface area contributed by atoms with Gasteiger partial charge in [0.05, 0.1) is 0 Å². The molecule has 0 radical (unpaired) electrons. The summed E-state index contributed by atoms with van der Waals surface area (Å²) in [4.78, 5) is 0. The first-order valence-corrected chi connectivity index (χ1v) is 11.7. The standard InChI is InChI=1S/C11H26Ge/c1-5-9-10-11-12(6-2,7-3)8-4/h5-11H2,1-4H3. The summed E-state index contributed by atoms with van der Waals surface area (Å²) in [5, 5.41) is 6.29. The summed E-state index contributed by atoms with van der Waals surface area (Å²) in [6.45, 7) is 9.59. The zero-order chi connectivity index (χ0) is 9.45. The monoisotopic (exact) mass is 232 g/mol. The summed E-state index contributed by atoms with van der Waals surface area (Å²) in [6, 6.07) is 0. The van der Waals surface area contributed by atoms with Crippen LogP contribution in [0.5, 0.6) is 0 Å². The van der Waals surface area contributed by atoms with E-state index in [0.29, 0.717) is 0 Å². The Balaban J connectivity index is 3.76. The van der Waals surface area contributed by atoms with E-state index in [4.69, 9.17) is 0 Å². The van der Waals surface area contributed by atoms with Crippen LogP contribution < -0.4 is 0 Å². The molecule has 0 aliphatic heterocycles. The Morgan fingerprint density at radius 1 is 0.750 bits per heavy atom. The van der Waals surface area contributed by atoms with Crippen molar-refractivity contribution in [2.24, 2.45) is 0 Å². The third-order valence-corrected chi connectivity index (χ3v) is 16.0. The molecule has 0 atom stereocenters. The van der Waals surface area contributed by atoms with E-state index < -0.39 is 13.3 Å². The van der Waals surface area contributed by atoms with Gasteiger partial charge in [-0.1, -0.05) is 0 Å². The van der Waals surface area contributed by atoms with Gasteiger partial charge in [-0.2, -0.15) is 0 Å². The number of hydrogen-bond acceptors (Lipinski definition) is 0. The van der Waals surface area contributed by atoms with E-state index >= 15 is 0 Å². The van der Waals surface area contributed by atoms with E-state index in [1.165, 1.54) is 19.3 Å². The van der Waals surface area contributed by atoms with Crippen LogP contribution in [-0.2, 0) is 0 Å². The first kappa shape index (κ1) is 12.5. The van der Waals surface area contributed by atoms with Gasteiger partial charge in [0, 0.05) is 0 Å². The Labute approximate surface area is 81.5 Å². The Morgan fingerprint density at radius 3 is 1.58 bits per heavy atom. The molecule has 12 heavy (non-hydrogen) atoms. The van der Waals surface area contributed by atoms with Gasteiger partial charge in [-0.15, -0.1) is 0 Å². The van der Waals surface area contributed by atoms with Gasteiger partial charge in [-0.3, -0.25) is 0 Å². The third kappa shape index (κ3) is 3.97. The molecular formula is C11H26Ge. The number of hydrogen-bond donors (Lipinski definition) is 0. The Kier molecular flexibility index (Phi) is 7.31. The molecule has 1 heteroatoms. The van der Waals surface area contributed by atoms with Gasteiger partial charge in [0.2, 0.25) is 0 Å². The summed E-state index contributed by atoms with van der Waals surface area (Å²) in [7, 11) is 0. The van der Waals surface area contributed by atoms with E-state index in [9.17, 15) is 0 Å². The van der Waals surface area contributed by atoms with Gasteiger partial charge >= 0.3 is 81.2 Å². The van der Waals surface area contributed by atoms with Crippen molar-refractivity contribution in [2.45, 2.75) is 68.0 Å². The van der Waals surface area contributed by atoms with Crippen LogP contribution in [0.1, 0.15) is 47.0 Å². The molecule has 0 bridgehead atoms. The van der Waals surface area contributed by atoms with Crippen LogP contribution in [0.2, 0.25) is 21.0 Å². The van der Waals surface area contributed by atoms with Crippen LogP contribution in [0.25, 0.3) is 0 Å². The minimum absolute atomic E-state index is 1.26. The molecular weight excluding hydrogens is 205 g/mol. The normalized spacial score (nSPS) is 12.0. The van der Waals surface area contributed by atoms with Gasteiger partial charge in [0.15, 0.2) is 0 Å². The third-order valence-electron chi connectivity index (χ3n) is 3.56. The van der Waals surface area contributed by atoms with Crippen LogP contribution in [0, 0.1) is 0 Å². The van der Waals surface area contributed by atoms with E-state index in [2.05, 4.69) is 27.7 Å². The topological polar surface area (TPSA) is 0 Å². The van der Waals surface area contributed by atoms with Crippen molar-refractivity contribution in [1.29, 1.82) is 0 Å². The molecule has 0 nitrogen and oxygen atoms in total. The van der Waals surface area contributed by atoms with E-state index in [-0.39, 0.29) is 0 Å². The minimum atomic E-state index is -1.26. The van der Waals surface area contributed by atoms with Gasteiger partial charge in [0.25, 0.3) is 0 Å². The summed E-state index contributed by atoms with van der Waals surface area (Å²) in [6.07, 6.45) is 4.37. The fraction of sp³-hybridized carbons (Fsp3) is 1.00. The molecule has 0 spiro atoms. The van der Waals surface area contributed by atoms with Crippen molar-refractivity contribution < 1.29 is 0 Å². The van der Waals surface area contributed by atoms with Gasteiger partial charge in [-0.25, -0.2) is 0 Å². The molecule has 0 aliphatic carbocycles. The van der Waals surface area contributed by atoms with Crippen molar-refractivity contribution in [3.8, 4) is 0 Å². The van der Waals surface area contributed by atoms with E-state index in [0.717, 1.165) is 0 Å². The second-order valence-corrected chi connectivity index (χ2v) is 15.8. The van der Waals surface area contributed by atoms with Crippen LogP contribution in [0.15, 0.2) is 0 Å². The second kappa shape index (κ2) is 7.00. The first-order valence-electron chi connectivity index (χ1n) is 5.74. The Hall–Kier alpha value is 0.543. The summed E-state index contributed by atoms with van der Waals surface area (Å²) in [5.41, 5.74) is 0. The fourth-order valence-electron chi connectivity index (χ4n) is 2.03. The van der Waals surface area contributed by atoms with Crippen molar-refractivity contribution in [3.05, 3.63) is 0 Å². The molecule has 0 aromatic carbocycles. The molecule has 74 valence electrons. The first-order chi connectivity index (χ1) is 5.74. The zero-order valence-electron chi connectivity index (χ0n) is 9.45. The maximum atomic E-state index is 2.43. The van der Waals surface area contributed by atoms with Crippen LogP contribution in [-0.4, -0.2) is 13.3 Å². The van der Waals surface area contributed by atoms with Crippen molar-refractivity contribution >= 4 is 13.3 Å². The Morgan fingerprint density at radius 2 is 1.25 bits per heavy atom. The molecule has 0 saturated carbocycles. The van der Waals surface area contributed by atoms with E-state index in [1.807, 2.05) is 0 Å². The molecule has 0 aromatic heterocycles. The molecule has 0 amide bonds. The number of rotatable bonds is 7. The molecule has 0 N–H and O–H groups in total. The van der Waals surface area contributed by atoms with Crippen LogP contribution in [0.3, 0.4) is 0 Å². The molecule has 0 rings (SSSR count). The summed E-state index contributed by atoms with van der Waals surface area (Å²) in [5.74, 6) is 0. The van der Waals surface area contributed by atoms with Gasteiger partial charge < -0.3 is 0 Å². The maximum absolute atomic E-state index is 2.43. The quantitative estimate of drug-likeness (QED) is 0.440. The molecule has 0 aromatic rings. The molecule has 0 saturated heterocycles. The predicted molar refractivity (Wildman–Crippen MR) is 61.5 cm³/mol. The fourth-order valence-corrected chi connectivity index (χ4v) is 9.50. The Bertz CT molecular complexity index is 86.9. The number of unbranched alkanes of at least 4 members (excludes halogenated alkanes) is 2. The molecule has 0 unspecified atom stereocenters. The summed E-state index contributed by atoms with van der Waals surface area (Å²) < 4.78 is 0. The molecule has 0 heterocycles. The van der Waals surface area contributed by atoms with Crippen molar-refractivity contribution in [3.63, 3.8) is 0 Å². The average molecular weight is 231 g/mol. The second-order valence-electron chi connectivity index (χ2n) is 4.02. The van der Waals surface area contributed by atoms with Crippen LogP contribution in [0.4, 0.5) is 0 Å². The zero-order valence-corrected chi connectivity index (χ0v) is 11.5. The predicted octanol–water partition coefficient (Wildman–Crippen LogP) is 4.69. The summed E-state index contributed by atoms with van der Waals surface area (Å²) >= 11 is -1.26. The average Bonchev–Trinajstić information content (AvgIpc) is 2.14. The molecule has 0 aliphatic rings. The van der Waals surface area contributed by atoms with Crippen molar-refractivity contribution in [1.82, 2.24) is 0 Å². The van der Waals surface area contributed by atoms with Crippen molar-refractivity contribution in [2.75, 3.05) is 0 Å². The van der Waals surface area contributed by atoms with Gasteiger partial charge in [0.1, 0.15) is 0 Å². The molecule has 0 fully saturated rings. The van der Waals surface area contributed by atoms with Gasteiger partial charge in [-0.05, 0) is 0 Å². The SMILES string of the molecule is CCCC[CH2][Ge]([CH2]C)([CH2]C)[CH2]C.